The van der Waals surface area contributed by atoms with Crippen LogP contribution in [-0.4, -0.2) is 47.0 Å². The quantitative estimate of drug-likeness (QED) is 0.900. The van der Waals surface area contributed by atoms with E-state index in [-0.39, 0.29) is 5.69 Å². The fourth-order valence-electron chi connectivity index (χ4n) is 4.60. The molecule has 0 unspecified atom stereocenters. The maximum Gasteiger partial charge on any atom is 0.268 e. The Kier molecular flexibility index (Phi) is 4.83. The first kappa shape index (κ1) is 17.9. The van der Waals surface area contributed by atoms with E-state index in [1.54, 1.807) is 6.20 Å². The van der Waals surface area contributed by atoms with Gasteiger partial charge in [0, 0.05) is 31.6 Å². The molecule has 0 radical (unpaired) electrons. The van der Waals surface area contributed by atoms with Gasteiger partial charge in [-0.05, 0) is 38.3 Å². The zero-order valence-electron chi connectivity index (χ0n) is 15.9. The standard InChI is InChI=1S/C21H27N5O/c1-16-4-2-5-17(10-16)13-25-8-3-6-21(14-25)7-9-26(15-21)19-12-23-11-18(24-19)20(22)27/h2,4-5,10-12H,3,6-9,13-15H2,1H3,(H2,22,27)/t21-/m0/s1. The average molecular weight is 365 g/mol. The van der Waals surface area contributed by atoms with Crippen molar-refractivity contribution in [1.82, 2.24) is 14.9 Å². The number of likely N-dealkylation sites (tertiary alicyclic amines) is 1. The Morgan fingerprint density at radius 3 is 2.93 bits per heavy atom. The first-order valence-corrected chi connectivity index (χ1v) is 9.68. The number of amides is 1. The Bertz CT molecular complexity index is 839. The molecule has 1 spiro atoms. The zero-order valence-corrected chi connectivity index (χ0v) is 15.9. The van der Waals surface area contributed by atoms with Gasteiger partial charge < -0.3 is 10.6 Å². The summed E-state index contributed by atoms with van der Waals surface area (Å²) in [6.45, 7) is 7.36. The van der Waals surface area contributed by atoms with Crippen LogP contribution in [0.15, 0.2) is 36.7 Å². The summed E-state index contributed by atoms with van der Waals surface area (Å²) in [7, 11) is 0. The molecule has 142 valence electrons. The molecule has 1 atom stereocenters. The normalized spacial score (nSPS) is 23.1. The van der Waals surface area contributed by atoms with Crippen LogP contribution >= 0.6 is 0 Å². The number of aryl methyl sites for hydroxylation is 1. The Hall–Kier alpha value is -2.47. The molecule has 6 heteroatoms. The van der Waals surface area contributed by atoms with Gasteiger partial charge in [0.25, 0.3) is 5.91 Å². The van der Waals surface area contributed by atoms with Gasteiger partial charge in [-0.15, -0.1) is 0 Å². The summed E-state index contributed by atoms with van der Waals surface area (Å²) in [6.07, 6.45) is 6.80. The molecule has 2 saturated heterocycles. The topological polar surface area (TPSA) is 75.3 Å². The molecule has 6 nitrogen and oxygen atoms in total. The van der Waals surface area contributed by atoms with Gasteiger partial charge in [0.2, 0.25) is 0 Å². The molecule has 2 fully saturated rings. The van der Waals surface area contributed by atoms with Crippen LogP contribution in [0.25, 0.3) is 0 Å². The zero-order chi connectivity index (χ0) is 18.9. The Morgan fingerprint density at radius 1 is 1.22 bits per heavy atom. The van der Waals surface area contributed by atoms with Crippen molar-refractivity contribution in [2.24, 2.45) is 11.1 Å². The number of nitrogens with two attached hydrogens (primary N) is 1. The molecule has 2 aromatic rings. The number of hydrogen-bond donors (Lipinski definition) is 1. The molecule has 27 heavy (non-hydrogen) atoms. The molecule has 3 heterocycles. The van der Waals surface area contributed by atoms with E-state index in [0.717, 1.165) is 45.0 Å². The first-order valence-electron chi connectivity index (χ1n) is 9.68. The summed E-state index contributed by atoms with van der Waals surface area (Å²) in [5.74, 6) is 0.235. The minimum absolute atomic E-state index is 0.234. The Labute approximate surface area is 160 Å². The van der Waals surface area contributed by atoms with Gasteiger partial charge in [-0.2, -0.15) is 0 Å². The predicted octanol–water partition coefficient (Wildman–Crippen LogP) is 2.38. The summed E-state index contributed by atoms with van der Waals surface area (Å²) in [6, 6.07) is 8.80. The van der Waals surface area contributed by atoms with Crippen LogP contribution in [-0.2, 0) is 6.54 Å². The van der Waals surface area contributed by atoms with Crippen LogP contribution in [0.1, 0.15) is 40.9 Å². The highest BCUT2D eigenvalue weighted by atomic mass is 16.1. The minimum Gasteiger partial charge on any atom is -0.364 e. The van der Waals surface area contributed by atoms with Crippen LogP contribution in [0.4, 0.5) is 5.82 Å². The maximum absolute atomic E-state index is 11.4. The summed E-state index contributed by atoms with van der Waals surface area (Å²) < 4.78 is 0. The second-order valence-corrected chi connectivity index (χ2v) is 8.10. The summed E-state index contributed by atoms with van der Waals surface area (Å²) in [4.78, 5) is 24.8. The number of hydrogen-bond acceptors (Lipinski definition) is 5. The van der Waals surface area contributed by atoms with Gasteiger partial charge >= 0.3 is 0 Å². The predicted molar refractivity (Wildman–Crippen MR) is 106 cm³/mol. The van der Waals surface area contributed by atoms with Gasteiger partial charge in [0.1, 0.15) is 11.5 Å². The molecule has 1 aromatic carbocycles. The number of aromatic nitrogens is 2. The highest BCUT2D eigenvalue weighted by Crippen LogP contribution is 2.40. The van der Waals surface area contributed by atoms with E-state index < -0.39 is 5.91 Å². The number of nitrogens with zero attached hydrogens (tertiary/aromatic N) is 4. The van der Waals surface area contributed by atoms with Gasteiger partial charge in [-0.1, -0.05) is 29.8 Å². The lowest BCUT2D eigenvalue weighted by Crippen LogP contribution is -2.44. The molecule has 0 saturated carbocycles. The van der Waals surface area contributed by atoms with E-state index in [4.69, 9.17) is 5.73 Å². The summed E-state index contributed by atoms with van der Waals surface area (Å²) >= 11 is 0. The van der Waals surface area contributed by atoms with Crippen LogP contribution in [0.5, 0.6) is 0 Å². The van der Waals surface area contributed by atoms with Gasteiger partial charge in [0.15, 0.2) is 0 Å². The largest absolute Gasteiger partial charge is 0.364 e. The SMILES string of the molecule is Cc1cccc(CN2CCC[C@]3(CCN(c4cncc(C(N)=O)n4)C3)C2)c1. The van der Waals surface area contributed by atoms with Crippen LogP contribution in [0.2, 0.25) is 0 Å². The van der Waals surface area contributed by atoms with Crippen molar-refractivity contribution in [2.75, 3.05) is 31.1 Å². The third-order valence-corrected chi connectivity index (χ3v) is 5.87. The number of carbonyl (C=O) groups is 1. The third-order valence-electron chi connectivity index (χ3n) is 5.87. The smallest absolute Gasteiger partial charge is 0.268 e. The Balaban J connectivity index is 1.45. The van der Waals surface area contributed by atoms with Crippen LogP contribution in [0, 0.1) is 12.3 Å². The third kappa shape index (κ3) is 3.95. The lowest BCUT2D eigenvalue weighted by Gasteiger charge is -2.40. The Morgan fingerprint density at radius 2 is 2.11 bits per heavy atom. The monoisotopic (exact) mass is 365 g/mol. The lowest BCUT2D eigenvalue weighted by molar-refractivity contribution is 0.0991. The number of rotatable bonds is 4. The molecule has 2 N–H and O–H groups in total. The lowest BCUT2D eigenvalue weighted by atomic mass is 9.79. The molecular weight excluding hydrogens is 338 g/mol. The van der Waals surface area contributed by atoms with Crippen molar-refractivity contribution in [3.8, 4) is 0 Å². The molecule has 2 aliphatic rings. The van der Waals surface area contributed by atoms with Crippen LogP contribution < -0.4 is 10.6 Å². The molecule has 2 aliphatic heterocycles. The second kappa shape index (κ2) is 7.27. The number of primary amides is 1. The van der Waals surface area contributed by atoms with E-state index in [1.807, 2.05) is 0 Å². The van der Waals surface area contributed by atoms with Crippen molar-refractivity contribution in [2.45, 2.75) is 32.7 Å². The maximum atomic E-state index is 11.4. The molecule has 1 amide bonds. The highest BCUT2D eigenvalue weighted by Gasteiger charge is 2.41. The number of benzene rings is 1. The van der Waals surface area contributed by atoms with Crippen LogP contribution in [0.3, 0.4) is 0 Å². The van der Waals surface area contributed by atoms with Gasteiger partial charge in [-0.3, -0.25) is 14.7 Å². The average Bonchev–Trinajstić information content (AvgIpc) is 3.05. The van der Waals surface area contributed by atoms with E-state index in [2.05, 4.69) is 51.0 Å². The minimum atomic E-state index is -0.528. The van der Waals surface area contributed by atoms with Gasteiger partial charge in [0.05, 0.1) is 12.4 Å². The van der Waals surface area contributed by atoms with Crippen molar-refractivity contribution < 1.29 is 4.79 Å². The van der Waals surface area contributed by atoms with Gasteiger partial charge in [-0.25, -0.2) is 4.98 Å². The summed E-state index contributed by atoms with van der Waals surface area (Å²) in [5, 5.41) is 0. The van der Waals surface area contributed by atoms with E-state index in [0.29, 0.717) is 5.41 Å². The number of piperidine rings is 1. The van der Waals surface area contributed by atoms with Crippen molar-refractivity contribution in [3.63, 3.8) is 0 Å². The number of anilines is 1. The fourth-order valence-corrected chi connectivity index (χ4v) is 4.60. The van der Waals surface area contributed by atoms with Crippen molar-refractivity contribution >= 4 is 11.7 Å². The molecular formula is C21H27N5O. The van der Waals surface area contributed by atoms with Crippen molar-refractivity contribution in [1.29, 1.82) is 0 Å². The van der Waals surface area contributed by atoms with E-state index in [1.165, 1.54) is 30.2 Å². The molecule has 4 rings (SSSR count). The van der Waals surface area contributed by atoms with E-state index >= 15 is 0 Å². The highest BCUT2D eigenvalue weighted by molar-refractivity contribution is 5.90. The first-order chi connectivity index (χ1) is 13.0. The summed E-state index contributed by atoms with van der Waals surface area (Å²) in [5.41, 5.74) is 8.59. The molecule has 0 bridgehead atoms. The molecule has 0 aliphatic carbocycles. The second-order valence-electron chi connectivity index (χ2n) is 8.10. The molecule has 1 aromatic heterocycles. The van der Waals surface area contributed by atoms with E-state index in [9.17, 15) is 4.79 Å². The fraction of sp³-hybridized carbons (Fsp3) is 0.476. The number of carbonyl (C=O) groups excluding carboxylic acids is 1. The van der Waals surface area contributed by atoms with Crippen molar-refractivity contribution in [3.05, 3.63) is 53.5 Å².